The standard InChI is InChI=1S/C17H30N6S.HI/c1-3-18-16(19-12-15-21-20-14-22(15)4-2)23-10-11-24-17(13-23)8-6-5-7-9-17;/h14H,3-13H2,1-2H3,(H,18,19);1H. The Labute approximate surface area is 172 Å². The Morgan fingerprint density at radius 3 is 2.84 bits per heavy atom. The molecule has 25 heavy (non-hydrogen) atoms. The normalized spacial score (nSPS) is 20.4. The maximum Gasteiger partial charge on any atom is 0.194 e. The molecular formula is C17H31IN6S. The van der Waals surface area contributed by atoms with Crippen molar-refractivity contribution in [2.75, 3.05) is 25.4 Å². The molecule has 1 saturated carbocycles. The summed E-state index contributed by atoms with van der Waals surface area (Å²) < 4.78 is 2.51. The molecule has 2 aliphatic rings. The fraction of sp³-hybridized carbons (Fsp3) is 0.824. The van der Waals surface area contributed by atoms with Gasteiger partial charge >= 0.3 is 0 Å². The smallest absolute Gasteiger partial charge is 0.194 e. The molecule has 3 rings (SSSR count). The van der Waals surface area contributed by atoms with Gasteiger partial charge in [-0.2, -0.15) is 11.8 Å². The number of aromatic nitrogens is 3. The van der Waals surface area contributed by atoms with E-state index in [0.717, 1.165) is 38.0 Å². The fourth-order valence-electron chi connectivity index (χ4n) is 3.76. The van der Waals surface area contributed by atoms with Crippen LogP contribution in [0, 0.1) is 0 Å². The number of nitrogens with zero attached hydrogens (tertiary/aromatic N) is 5. The molecular weight excluding hydrogens is 447 g/mol. The summed E-state index contributed by atoms with van der Waals surface area (Å²) in [7, 11) is 0. The van der Waals surface area contributed by atoms with Crippen molar-refractivity contribution >= 4 is 41.7 Å². The van der Waals surface area contributed by atoms with Crippen molar-refractivity contribution in [1.29, 1.82) is 0 Å². The van der Waals surface area contributed by atoms with Crippen molar-refractivity contribution in [1.82, 2.24) is 25.0 Å². The molecule has 0 atom stereocenters. The van der Waals surface area contributed by atoms with E-state index in [1.165, 1.54) is 37.9 Å². The molecule has 0 radical (unpaired) electrons. The van der Waals surface area contributed by atoms with Gasteiger partial charge in [0, 0.05) is 36.7 Å². The second-order valence-corrected chi connectivity index (χ2v) is 8.28. The van der Waals surface area contributed by atoms with Crippen molar-refractivity contribution in [3.05, 3.63) is 12.2 Å². The highest BCUT2D eigenvalue weighted by atomic mass is 127. The van der Waals surface area contributed by atoms with E-state index in [2.05, 4.69) is 50.6 Å². The van der Waals surface area contributed by atoms with Crippen LogP contribution in [0.5, 0.6) is 0 Å². The molecule has 1 aromatic heterocycles. The molecule has 1 aromatic rings. The zero-order valence-electron chi connectivity index (χ0n) is 15.4. The van der Waals surface area contributed by atoms with Crippen LogP contribution in [-0.4, -0.2) is 55.8 Å². The lowest BCUT2D eigenvalue weighted by molar-refractivity contribution is 0.293. The van der Waals surface area contributed by atoms with Crippen molar-refractivity contribution in [3.8, 4) is 0 Å². The molecule has 1 aliphatic heterocycles. The highest BCUT2D eigenvalue weighted by molar-refractivity contribution is 14.0. The van der Waals surface area contributed by atoms with Crippen LogP contribution in [0.1, 0.15) is 51.8 Å². The summed E-state index contributed by atoms with van der Waals surface area (Å²) in [5.41, 5.74) is 0. The van der Waals surface area contributed by atoms with Gasteiger partial charge in [-0.3, -0.25) is 0 Å². The van der Waals surface area contributed by atoms with E-state index in [1.54, 1.807) is 6.33 Å². The molecule has 0 amide bonds. The van der Waals surface area contributed by atoms with Crippen LogP contribution in [0.25, 0.3) is 0 Å². The minimum Gasteiger partial charge on any atom is -0.357 e. The number of thioether (sulfide) groups is 1. The van der Waals surface area contributed by atoms with Crippen LogP contribution in [0.15, 0.2) is 11.3 Å². The first-order chi connectivity index (χ1) is 11.8. The second-order valence-electron chi connectivity index (χ2n) is 6.72. The Balaban J connectivity index is 0.00000225. The third-order valence-corrected chi connectivity index (χ3v) is 6.59. The van der Waals surface area contributed by atoms with Gasteiger partial charge in [0.15, 0.2) is 11.8 Å². The van der Waals surface area contributed by atoms with Crippen molar-refractivity contribution < 1.29 is 0 Å². The summed E-state index contributed by atoms with van der Waals surface area (Å²) >= 11 is 2.20. The molecule has 0 unspecified atom stereocenters. The van der Waals surface area contributed by atoms with Crippen LogP contribution in [0.3, 0.4) is 0 Å². The van der Waals surface area contributed by atoms with Crippen LogP contribution >= 0.6 is 35.7 Å². The monoisotopic (exact) mass is 478 g/mol. The summed E-state index contributed by atoms with van der Waals surface area (Å²) in [6.45, 7) is 8.83. The lowest BCUT2D eigenvalue weighted by atomic mass is 9.87. The SMILES string of the molecule is CCNC(=NCc1nncn1CC)N1CCSC2(CCCCC2)C1.I. The number of aliphatic imine (C=N–C) groups is 1. The van der Waals surface area contributed by atoms with E-state index in [0.29, 0.717) is 11.3 Å². The summed E-state index contributed by atoms with van der Waals surface area (Å²) in [6, 6.07) is 0. The zero-order valence-corrected chi connectivity index (χ0v) is 18.6. The minimum absolute atomic E-state index is 0. The molecule has 142 valence electrons. The Morgan fingerprint density at radius 2 is 2.12 bits per heavy atom. The fourth-order valence-corrected chi connectivity index (χ4v) is 5.33. The molecule has 1 spiro atoms. The molecule has 0 bridgehead atoms. The third kappa shape index (κ3) is 5.24. The lowest BCUT2D eigenvalue weighted by Crippen LogP contribution is -2.53. The number of guanidine groups is 1. The van der Waals surface area contributed by atoms with Gasteiger partial charge < -0.3 is 14.8 Å². The Morgan fingerprint density at radius 1 is 1.32 bits per heavy atom. The zero-order chi connectivity index (χ0) is 16.8. The van der Waals surface area contributed by atoms with E-state index in [1.807, 2.05) is 0 Å². The van der Waals surface area contributed by atoms with Gasteiger partial charge in [0.1, 0.15) is 12.9 Å². The molecule has 8 heteroatoms. The highest BCUT2D eigenvalue weighted by Crippen LogP contribution is 2.42. The predicted molar refractivity (Wildman–Crippen MR) is 116 cm³/mol. The van der Waals surface area contributed by atoms with Crippen LogP contribution in [0.2, 0.25) is 0 Å². The predicted octanol–water partition coefficient (Wildman–Crippen LogP) is 3.13. The molecule has 0 aromatic carbocycles. The van der Waals surface area contributed by atoms with Crippen LogP contribution in [0.4, 0.5) is 0 Å². The maximum atomic E-state index is 4.87. The van der Waals surface area contributed by atoms with Gasteiger partial charge in [-0.05, 0) is 26.7 Å². The van der Waals surface area contributed by atoms with Crippen molar-refractivity contribution in [2.45, 2.75) is 63.8 Å². The van der Waals surface area contributed by atoms with E-state index >= 15 is 0 Å². The first-order valence-electron chi connectivity index (χ1n) is 9.30. The number of aryl methyl sites for hydroxylation is 1. The van der Waals surface area contributed by atoms with E-state index in [9.17, 15) is 0 Å². The first kappa shape index (κ1) is 20.8. The highest BCUT2D eigenvalue weighted by Gasteiger charge is 2.38. The number of hydrogen-bond donors (Lipinski definition) is 1. The molecule has 2 fully saturated rings. The third-order valence-electron chi connectivity index (χ3n) is 5.05. The molecule has 1 aliphatic carbocycles. The van der Waals surface area contributed by atoms with Crippen molar-refractivity contribution in [3.63, 3.8) is 0 Å². The van der Waals surface area contributed by atoms with Gasteiger partial charge in [-0.25, -0.2) is 4.99 Å². The minimum atomic E-state index is 0. The summed E-state index contributed by atoms with van der Waals surface area (Å²) in [5.74, 6) is 3.18. The number of rotatable bonds is 4. The summed E-state index contributed by atoms with van der Waals surface area (Å²) in [6.07, 6.45) is 8.67. The van der Waals surface area contributed by atoms with Gasteiger partial charge in [0.25, 0.3) is 0 Å². The Kier molecular flexibility index (Phi) is 8.31. The largest absolute Gasteiger partial charge is 0.357 e. The van der Waals surface area contributed by atoms with E-state index in [4.69, 9.17) is 4.99 Å². The molecule has 1 N–H and O–H groups in total. The lowest BCUT2D eigenvalue weighted by Gasteiger charge is -2.45. The molecule has 1 saturated heterocycles. The Hall–Kier alpha value is -0.510. The molecule has 6 nitrogen and oxygen atoms in total. The first-order valence-corrected chi connectivity index (χ1v) is 10.3. The number of nitrogens with one attached hydrogen (secondary N) is 1. The van der Waals surface area contributed by atoms with E-state index < -0.39 is 0 Å². The summed E-state index contributed by atoms with van der Waals surface area (Å²) in [4.78, 5) is 7.34. The average molecular weight is 478 g/mol. The van der Waals surface area contributed by atoms with Gasteiger partial charge in [0.2, 0.25) is 0 Å². The van der Waals surface area contributed by atoms with Crippen LogP contribution in [-0.2, 0) is 13.1 Å². The summed E-state index contributed by atoms with van der Waals surface area (Å²) in [5, 5.41) is 11.7. The van der Waals surface area contributed by atoms with Gasteiger partial charge in [-0.1, -0.05) is 19.3 Å². The second kappa shape index (κ2) is 9.99. The topological polar surface area (TPSA) is 58.3 Å². The molecule has 2 heterocycles. The Bertz CT molecular complexity index is 550. The van der Waals surface area contributed by atoms with Crippen LogP contribution < -0.4 is 5.32 Å². The van der Waals surface area contributed by atoms with Gasteiger partial charge in [-0.15, -0.1) is 34.2 Å². The maximum absolute atomic E-state index is 4.87. The quantitative estimate of drug-likeness (QED) is 0.410. The number of hydrogen-bond acceptors (Lipinski definition) is 4. The van der Waals surface area contributed by atoms with Crippen molar-refractivity contribution in [2.24, 2.45) is 4.99 Å². The average Bonchev–Trinajstić information content (AvgIpc) is 3.07. The van der Waals surface area contributed by atoms with E-state index in [-0.39, 0.29) is 24.0 Å². The number of halogens is 1. The van der Waals surface area contributed by atoms with Gasteiger partial charge in [0.05, 0.1) is 0 Å².